The lowest BCUT2D eigenvalue weighted by Crippen LogP contribution is -2.54. The first kappa shape index (κ1) is 29.5. The molecule has 206 valence electrons. The van der Waals surface area contributed by atoms with Gasteiger partial charge in [-0.2, -0.15) is 8.42 Å². The average Bonchev–Trinajstić information content (AvgIpc) is 3.53. The Hall–Kier alpha value is -1.07. The Morgan fingerprint density at radius 3 is 2.06 bits per heavy atom. The van der Waals surface area contributed by atoms with E-state index in [0.29, 0.717) is 32.8 Å². The second-order valence-electron chi connectivity index (χ2n) is 10.2. The van der Waals surface area contributed by atoms with Crippen LogP contribution in [0.4, 0.5) is 0 Å². The molecular formula is C27H44O8S. The average molecular weight is 529 g/mol. The Balaban J connectivity index is 1.59. The predicted molar refractivity (Wildman–Crippen MR) is 136 cm³/mol. The highest BCUT2D eigenvalue weighted by molar-refractivity contribution is 7.86. The van der Waals surface area contributed by atoms with E-state index >= 15 is 0 Å². The quantitative estimate of drug-likeness (QED) is 0.240. The molecule has 1 aromatic carbocycles. The maximum atomic E-state index is 12.7. The molecule has 1 N–H and O–H groups in total. The topological polar surface area (TPSA) is 101 Å². The van der Waals surface area contributed by atoms with Gasteiger partial charge in [0.2, 0.25) is 0 Å². The first-order chi connectivity index (χ1) is 17.1. The van der Waals surface area contributed by atoms with E-state index < -0.39 is 27.3 Å². The Morgan fingerprint density at radius 2 is 1.44 bits per heavy atom. The standard InChI is InChI=1S/C27H44O8S/c1-4-5-6-7-8-9-10-15-25(3,28)27(33-20-21-34-27)17-16-26(31-18-19-32-26)22-35-36(29,30)24-13-11-23(2)12-14-24/h11-14,28H,4-10,15-22H2,1-3H3. The molecule has 0 bridgehead atoms. The monoisotopic (exact) mass is 528 g/mol. The van der Waals surface area contributed by atoms with E-state index in [2.05, 4.69) is 6.92 Å². The van der Waals surface area contributed by atoms with Gasteiger partial charge in [-0.1, -0.05) is 69.6 Å². The zero-order valence-corrected chi connectivity index (χ0v) is 22.9. The molecule has 0 radical (unpaired) electrons. The predicted octanol–water partition coefficient (Wildman–Crippen LogP) is 4.86. The fourth-order valence-electron chi connectivity index (χ4n) is 4.89. The van der Waals surface area contributed by atoms with Crippen molar-refractivity contribution in [3.05, 3.63) is 29.8 Å². The number of benzene rings is 1. The highest BCUT2D eigenvalue weighted by atomic mass is 32.2. The molecule has 2 fully saturated rings. The highest BCUT2D eigenvalue weighted by Crippen LogP contribution is 2.42. The molecular weight excluding hydrogens is 484 g/mol. The minimum Gasteiger partial charge on any atom is -0.385 e. The van der Waals surface area contributed by atoms with Crippen molar-refractivity contribution < 1.29 is 36.7 Å². The normalized spacial score (nSPS) is 21.0. The summed E-state index contributed by atoms with van der Waals surface area (Å²) in [5.41, 5.74) is -0.250. The summed E-state index contributed by atoms with van der Waals surface area (Å²) >= 11 is 0. The van der Waals surface area contributed by atoms with Crippen molar-refractivity contribution in [2.75, 3.05) is 33.0 Å². The number of ether oxygens (including phenoxy) is 4. The maximum Gasteiger partial charge on any atom is 0.297 e. The van der Waals surface area contributed by atoms with Crippen LogP contribution in [0.1, 0.15) is 83.6 Å². The minimum absolute atomic E-state index is 0.0813. The van der Waals surface area contributed by atoms with E-state index in [-0.39, 0.29) is 24.3 Å². The number of aliphatic hydroxyl groups is 1. The lowest BCUT2D eigenvalue weighted by molar-refractivity contribution is -0.281. The van der Waals surface area contributed by atoms with Gasteiger partial charge in [0.1, 0.15) is 12.2 Å². The van der Waals surface area contributed by atoms with Crippen molar-refractivity contribution in [2.45, 2.75) is 107 Å². The first-order valence-electron chi connectivity index (χ1n) is 13.4. The summed E-state index contributed by atoms with van der Waals surface area (Å²) in [5.74, 6) is -2.46. The van der Waals surface area contributed by atoms with E-state index in [9.17, 15) is 13.5 Å². The van der Waals surface area contributed by atoms with Crippen molar-refractivity contribution in [2.24, 2.45) is 0 Å². The molecule has 0 aliphatic carbocycles. The Morgan fingerprint density at radius 1 is 0.889 bits per heavy atom. The van der Waals surface area contributed by atoms with Gasteiger partial charge in [-0.25, -0.2) is 0 Å². The van der Waals surface area contributed by atoms with E-state index in [1.54, 1.807) is 19.1 Å². The summed E-state index contributed by atoms with van der Waals surface area (Å²) in [6.07, 6.45) is 9.14. The molecule has 1 unspecified atom stereocenters. The zero-order valence-electron chi connectivity index (χ0n) is 22.1. The molecule has 36 heavy (non-hydrogen) atoms. The Labute approximate surface area is 216 Å². The molecule has 1 atom stereocenters. The van der Waals surface area contributed by atoms with Gasteiger partial charge in [-0.15, -0.1) is 0 Å². The molecule has 9 heteroatoms. The molecule has 2 saturated heterocycles. The number of rotatable bonds is 16. The summed E-state index contributed by atoms with van der Waals surface area (Å²) in [7, 11) is -3.98. The molecule has 0 aromatic heterocycles. The number of unbranched alkanes of at least 4 members (excludes halogenated alkanes) is 6. The fraction of sp³-hybridized carbons (Fsp3) is 0.778. The Kier molecular flexibility index (Phi) is 10.8. The summed E-state index contributed by atoms with van der Waals surface area (Å²) < 4.78 is 54.5. The van der Waals surface area contributed by atoms with Gasteiger partial charge < -0.3 is 24.1 Å². The lowest BCUT2D eigenvalue weighted by Gasteiger charge is -2.42. The van der Waals surface area contributed by atoms with Crippen LogP contribution < -0.4 is 0 Å². The zero-order chi connectivity index (χ0) is 26.1. The smallest absolute Gasteiger partial charge is 0.297 e. The van der Waals surface area contributed by atoms with Gasteiger partial charge in [0.15, 0.2) is 11.6 Å². The molecule has 8 nitrogen and oxygen atoms in total. The molecule has 2 aliphatic heterocycles. The van der Waals surface area contributed by atoms with Crippen LogP contribution in [-0.4, -0.2) is 63.7 Å². The van der Waals surface area contributed by atoms with E-state index in [1.165, 1.54) is 37.8 Å². The third kappa shape index (κ3) is 7.72. The third-order valence-electron chi connectivity index (χ3n) is 7.23. The van der Waals surface area contributed by atoms with Crippen LogP contribution in [-0.2, 0) is 33.2 Å². The van der Waals surface area contributed by atoms with Crippen LogP contribution in [0.15, 0.2) is 29.2 Å². The van der Waals surface area contributed by atoms with Gasteiger partial charge in [0.25, 0.3) is 10.1 Å². The van der Waals surface area contributed by atoms with Crippen LogP contribution >= 0.6 is 0 Å². The van der Waals surface area contributed by atoms with Crippen LogP contribution in [0.5, 0.6) is 0 Å². The van der Waals surface area contributed by atoms with Gasteiger partial charge in [0, 0.05) is 12.8 Å². The van der Waals surface area contributed by atoms with E-state index in [1.807, 2.05) is 6.92 Å². The highest BCUT2D eigenvalue weighted by Gasteiger charge is 2.53. The molecule has 2 heterocycles. The van der Waals surface area contributed by atoms with Crippen LogP contribution in [0.3, 0.4) is 0 Å². The maximum absolute atomic E-state index is 12.7. The van der Waals surface area contributed by atoms with Crippen molar-refractivity contribution in [3.63, 3.8) is 0 Å². The fourth-order valence-corrected chi connectivity index (χ4v) is 5.83. The van der Waals surface area contributed by atoms with E-state index in [4.69, 9.17) is 23.1 Å². The van der Waals surface area contributed by atoms with Gasteiger partial charge >= 0.3 is 0 Å². The second-order valence-corrected chi connectivity index (χ2v) is 11.8. The van der Waals surface area contributed by atoms with Gasteiger partial charge in [-0.05, 0) is 32.4 Å². The molecule has 1 aromatic rings. The summed E-state index contributed by atoms with van der Waals surface area (Å²) in [6, 6.07) is 6.48. The molecule has 0 spiro atoms. The molecule has 0 saturated carbocycles. The van der Waals surface area contributed by atoms with Crippen LogP contribution in [0.2, 0.25) is 0 Å². The summed E-state index contributed by atoms with van der Waals surface area (Å²) in [5, 5.41) is 11.4. The number of hydrogen-bond acceptors (Lipinski definition) is 8. The number of aryl methyl sites for hydroxylation is 1. The minimum atomic E-state index is -3.98. The van der Waals surface area contributed by atoms with E-state index in [0.717, 1.165) is 24.8 Å². The number of hydrogen-bond donors (Lipinski definition) is 1. The van der Waals surface area contributed by atoms with Gasteiger partial charge in [-0.3, -0.25) is 4.18 Å². The van der Waals surface area contributed by atoms with Crippen molar-refractivity contribution >= 4 is 10.1 Å². The first-order valence-corrected chi connectivity index (χ1v) is 14.8. The lowest BCUT2D eigenvalue weighted by atomic mass is 9.85. The van der Waals surface area contributed by atoms with Gasteiger partial charge in [0.05, 0.1) is 31.3 Å². The van der Waals surface area contributed by atoms with Crippen molar-refractivity contribution in [1.29, 1.82) is 0 Å². The summed E-state index contributed by atoms with van der Waals surface area (Å²) in [4.78, 5) is 0.0813. The largest absolute Gasteiger partial charge is 0.385 e. The van der Waals surface area contributed by atoms with Crippen LogP contribution in [0.25, 0.3) is 0 Å². The van der Waals surface area contributed by atoms with Crippen molar-refractivity contribution in [1.82, 2.24) is 0 Å². The molecule has 2 aliphatic rings. The summed E-state index contributed by atoms with van der Waals surface area (Å²) in [6.45, 7) is 7.00. The van der Waals surface area contributed by atoms with Crippen LogP contribution in [0, 0.1) is 6.92 Å². The SMILES string of the molecule is CCCCCCCCCC(C)(O)C1(CCC2(COS(=O)(=O)c3ccc(C)cc3)OCCO2)OCCO1. The molecule has 3 rings (SSSR count). The second kappa shape index (κ2) is 13.1. The third-order valence-corrected chi connectivity index (χ3v) is 8.51. The Bertz CT molecular complexity index is 885. The molecule has 0 amide bonds. The van der Waals surface area contributed by atoms with Crippen molar-refractivity contribution in [3.8, 4) is 0 Å².